The lowest BCUT2D eigenvalue weighted by atomic mass is 10.2. The number of nitrogens with zero attached hydrogens (tertiary/aromatic N) is 7. The van der Waals surface area contributed by atoms with Crippen molar-refractivity contribution in [2.75, 3.05) is 26.1 Å². The van der Waals surface area contributed by atoms with Gasteiger partial charge >= 0.3 is 0 Å². The first-order valence-electron chi connectivity index (χ1n) is 10.8. The Morgan fingerprint density at radius 1 is 1.08 bits per heavy atom. The molecule has 37 heavy (non-hydrogen) atoms. The van der Waals surface area contributed by atoms with Crippen LogP contribution >= 0.6 is 11.6 Å². The number of nitrogens with one attached hydrogen (secondary N) is 1. The van der Waals surface area contributed by atoms with Gasteiger partial charge in [-0.1, -0.05) is 11.6 Å². The van der Waals surface area contributed by atoms with Crippen LogP contribution in [-0.2, 0) is 14.8 Å². The number of alkyl halides is 2. The minimum absolute atomic E-state index is 0.0139. The summed E-state index contributed by atoms with van der Waals surface area (Å²) in [6.07, 6.45) is 0.264. The van der Waals surface area contributed by atoms with E-state index in [4.69, 9.17) is 25.8 Å². The van der Waals surface area contributed by atoms with Crippen molar-refractivity contribution in [1.82, 2.24) is 34.7 Å². The summed E-state index contributed by atoms with van der Waals surface area (Å²) in [4.78, 5) is 16.2. The van der Waals surface area contributed by atoms with E-state index in [1.54, 1.807) is 0 Å². The maximum absolute atomic E-state index is 13.4. The first-order valence-corrected chi connectivity index (χ1v) is 12.7. The van der Waals surface area contributed by atoms with Crippen LogP contribution in [0.5, 0.6) is 11.8 Å². The first kappa shape index (κ1) is 26.8. The number of hydrogen-bond donors (Lipinski definition) is 1. The van der Waals surface area contributed by atoms with Crippen LogP contribution in [0.15, 0.2) is 18.7 Å². The zero-order valence-corrected chi connectivity index (χ0v) is 21.6. The predicted octanol–water partition coefficient (Wildman–Crippen LogP) is 2.40. The molecule has 3 aromatic heterocycles. The second kappa shape index (κ2) is 10.6. The Hall–Kier alpha value is -3.24. The fourth-order valence-electron chi connectivity index (χ4n) is 3.81. The highest BCUT2D eigenvalue weighted by atomic mass is 35.5. The van der Waals surface area contributed by atoms with E-state index < -0.39 is 39.6 Å². The Balaban J connectivity index is 1.77. The summed E-state index contributed by atoms with van der Waals surface area (Å²) in [5.74, 6) is -1.82. The zero-order chi connectivity index (χ0) is 26.9. The van der Waals surface area contributed by atoms with Crippen molar-refractivity contribution in [1.29, 1.82) is 0 Å². The predicted molar refractivity (Wildman–Crippen MR) is 126 cm³/mol. The quantitative estimate of drug-likeness (QED) is 0.367. The Morgan fingerprint density at radius 3 is 2.22 bits per heavy atom. The monoisotopic (exact) mass is 560 g/mol. The molecule has 1 N–H and O–H groups in total. The summed E-state index contributed by atoms with van der Waals surface area (Å²) in [6, 6.07) is 0. The number of anilines is 1. The molecular formula is C20H23ClF2N8O5S. The maximum atomic E-state index is 13.4. The first-order chi connectivity index (χ1) is 17.6. The Morgan fingerprint density at radius 2 is 1.70 bits per heavy atom. The molecule has 1 saturated carbocycles. The van der Waals surface area contributed by atoms with E-state index >= 15 is 0 Å². The van der Waals surface area contributed by atoms with Crippen LogP contribution in [0.3, 0.4) is 0 Å². The highest BCUT2D eigenvalue weighted by Gasteiger charge is 2.49. The molecule has 3 heterocycles. The van der Waals surface area contributed by atoms with Crippen LogP contribution in [0.4, 0.5) is 14.7 Å². The van der Waals surface area contributed by atoms with Crippen molar-refractivity contribution in [3.05, 3.63) is 35.4 Å². The Labute approximate surface area is 215 Å². The number of methoxy groups -OCH3 is 3. The van der Waals surface area contributed by atoms with Gasteiger partial charge in [-0.15, -0.1) is 10.2 Å². The van der Waals surface area contributed by atoms with E-state index in [-0.39, 0.29) is 46.5 Å². The number of aromatic nitrogens is 7. The number of ether oxygens (including phenoxy) is 3. The molecule has 200 valence electrons. The Bertz CT molecular complexity index is 1340. The highest BCUT2D eigenvalue weighted by Crippen LogP contribution is 2.51. The van der Waals surface area contributed by atoms with Crippen molar-refractivity contribution in [3.8, 4) is 17.4 Å². The molecule has 17 heteroatoms. The molecule has 0 aliphatic heterocycles. The summed E-state index contributed by atoms with van der Waals surface area (Å²) >= 11 is 5.83. The molecule has 0 bridgehead atoms. The molecule has 1 aliphatic rings. The molecule has 13 nitrogen and oxygen atoms in total. The third-order valence-corrected chi connectivity index (χ3v) is 7.74. The van der Waals surface area contributed by atoms with Crippen LogP contribution < -0.4 is 14.2 Å². The SMILES string of the molecule is COc1ncnc(OC)c1-n1c(NS(=O)(=O)C(C)C(OC)c2ncc(Cl)cn2)nnc1[C@@H]1C[C@@H]1C(F)F. The minimum atomic E-state index is -4.26. The van der Waals surface area contributed by atoms with Gasteiger partial charge in [0.05, 0.1) is 19.2 Å². The van der Waals surface area contributed by atoms with Gasteiger partial charge in [0.15, 0.2) is 11.5 Å². The van der Waals surface area contributed by atoms with Crippen molar-refractivity contribution in [3.63, 3.8) is 0 Å². The van der Waals surface area contributed by atoms with Crippen LogP contribution in [0.1, 0.15) is 37.0 Å². The van der Waals surface area contributed by atoms with Gasteiger partial charge < -0.3 is 14.2 Å². The number of rotatable bonds is 11. The fraction of sp³-hybridized carbons (Fsp3) is 0.500. The van der Waals surface area contributed by atoms with Gasteiger partial charge in [-0.05, 0) is 13.3 Å². The maximum Gasteiger partial charge on any atom is 0.245 e. The molecule has 1 aliphatic carbocycles. The molecule has 2 unspecified atom stereocenters. The standard InChI is InChI=1S/C20H23ClF2N8O5S/c1-9(14(34-2)16-24-6-10(21)7-25-16)37(32,33)30-20-29-28-17(12-5-11(12)15(22)23)31(20)13-18(35-3)26-8-27-19(13)36-4/h6-9,11-12,14-15H,5H2,1-4H3,(H,29,30)/t9?,11-,12+,14?/m0/s1. The highest BCUT2D eigenvalue weighted by molar-refractivity contribution is 7.93. The lowest BCUT2D eigenvalue weighted by Gasteiger charge is -2.22. The van der Waals surface area contributed by atoms with Gasteiger partial charge in [-0.2, -0.15) is 9.97 Å². The van der Waals surface area contributed by atoms with Crippen molar-refractivity contribution >= 4 is 27.6 Å². The molecule has 0 amide bonds. The summed E-state index contributed by atoms with van der Waals surface area (Å²) in [5, 5.41) is 7.02. The molecule has 4 rings (SSSR count). The summed E-state index contributed by atoms with van der Waals surface area (Å²) in [6.45, 7) is 1.39. The summed E-state index contributed by atoms with van der Waals surface area (Å²) < 4.78 is 73.3. The van der Waals surface area contributed by atoms with Gasteiger partial charge in [0.1, 0.15) is 23.5 Å². The molecule has 1 fully saturated rings. The van der Waals surface area contributed by atoms with Crippen molar-refractivity contribution in [2.45, 2.75) is 37.0 Å². The second-order valence-corrected chi connectivity index (χ2v) is 10.5. The van der Waals surface area contributed by atoms with E-state index in [1.807, 2.05) is 0 Å². The lowest BCUT2D eigenvalue weighted by Crippen LogP contribution is -2.33. The van der Waals surface area contributed by atoms with E-state index in [1.165, 1.54) is 51.5 Å². The van der Waals surface area contributed by atoms with Gasteiger partial charge in [0.2, 0.25) is 34.2 Å². The third-order valence-electron chi connectivity index (χ3n) is 5.85. The average Bonchev–Trinajstić information content (AvgIpc) is 3.59. The number of halogens is 3. The normalized spacial score (nSPS) is 18.9. The lowest BCUT2D eigenvalue weighted by molar-refractivity contribution is 0.0950. The average molecular weight is 561 g/mol. The van der Waals surface area contributed by atoms with Crippen LogP contribution in [0, 0.1) is 5.92 Å². The summed E-state index contributed by atoms with van der Waals surface area (Å²) in [7, 11) is -0.289. The van der Waals surface area contributed by atoms with Crippen molar-refractivity contribution in [2.24, 2.45) is 5.92 Å². The van der Waals surface area contributed by atoms with E-state index in [9.17, 15) is 17.2 Å². The van der Waals surface area contributed by atoms with Crippen LogP contribution in [0.25, 0.3) is 5.69 Å². The van der Waals surface area contributed by atoms with Crippen LogP contribution in [0.2, 0.25) is 5.02 Å². The fourth-order valence-corrected chi connectivity index (χ4v) is 5.04. The third kappa shape index (κ3) is 5.26. The molecule has 4 atom stereocenters. The van der Waals surface area contributed by atoms with Gasteiger partial charge in [-0.3, -0.25) is 9.29 Å². The molecule has 0 aromatic carbocycles. The number of hydrogen-bond acceptors (Lipinski definition) is 11. The summed E-state index contributed by atoms with van der Waals surface area (Å²) in [5.41, 5.74) is 0.0436. The number of sulfonamides is 1. The topological polar surface area (TPSA) is 156 Å². The zero-order valence-electron chi connectivity index (χ0n) is 20.0. The van der Waals surface area contributed by atoms with Crippen LogP contribution in [-0.4, -0.2) is 76.1 Å². The molecular weight excluding hydrogens is 538 g/mol. The molecule has 0 spiro atoms. The Kier molecular flexibility index (Phi) is 7.70. The minimum Gasteiger partial charge on any atom is -0.479 e. The second-order valence-electron chi connectivity index (χ2n) is 8.07. The van der Waals surface area contributed by atoms with Gasteiger partial charge in [-0.25, -0.2) is 27.2 Å². The van der Waals surface area contributed by atoms with E-state index in [0.29, 0.717) is 0 Å². The largest absolute Gasteiger partial charge is 0.479 e. The molecule has 3 aromatic rings. The van der Waals surface area contributed by atoms with E-state index in [2.05, 4.69) is 34.9 Å². The molecule has 0 saturated heterocycles. The van der Waals surface area contributed by atoms with Gasteiger partial charge in [0.25, 0.3) is 0 Å². The van der Waals surface area contributed by atoms with E-state index in [0.717, 1.165) is 0 Å². The van der Waals surface area contributed by atoms with Gasteiger partial charge in [0, 0.05) is 31.3 Å². The van der Waals surface area contributed by atoms with Crippen molar-refractivity contribution < 1.29 is 31.4 Å². The smallest absolute Gasteiger partial charge is 0.245 e. The molecule has 0 radical (unpaired) electrons.